The maximum Gasteiger partial charge on any atom is 0.0657 e. The maximum absolute atomic E-state index is 6.67. The van der Waals surface area contributed by atoms with Crippen LogP contribution in [0.5, 0.6) is 0 Å². The molecule has 2 aromatic rings. The minimum Gasteiger partial charge on any atom is -0.117 e. The second kappa shape index (κ2) is 5.38. The predicted molar refractivity (Wildman–Crippen MR) is 81.9 cm³/mol. The van der Waals surface area contributed by atoms with E-state index in [-0.39, 0.29) is 5.38 Å². The third-order valence-electron chi connectivity index (χ3n) is 4.08. The van der Waals surface area contributed by atoms with Crippen molar-refractivity contribution < 1.29 is 0 Å². The molecule has 0 radical (unpaired) electrons. The lowest BCUT2D eigenvalue weighted by Gasteiger charge is -2.33. The Kier molecular flexibility index (Phi) is 3.61. The van der Waals surface area contributed by atoms with E-state index in [1.165, 1.54) is 28.7 Å². The van der Waals surface area contributed by atoms with Gasteiger partial charge in [-0.15, -0.1) is 11.6 Å². The van der Waals surface area contributed by atoms with Crippen LogP contribution in [-0.4, -0.2) is 0 Å². The number of benzene rings is 2. The predicted octanol–water partition coefficient (Wildman–Crippen LogP) is 5.26. The van der Waals surface area contributed by atoms with Crippen molar-refractivity contribution in [3.63, 3.8) is 0 Å². The average Bonchev–Trinajstić information content (AvgIpc) is 2.41. The molecule has 0 spiro atoms. The molecule has 1 aliphatic carbocycles. The maximum atomic E-state index is 6.67. The van der Waals surface area contributed by atoms with Crippen LogP contribution in [0.4, 0.5) is 0 Å². The first-order valence-corrected chi connectivity index (χ1v) is 7.54. The fraction of sp³-hybridized carbons (Fsp3) is 0.333. The highest BCUT2D eigenvalue weighted by molar-refractivity contribution is 6.21. The van der Waals surface area contributed by atoms with E-state index >= 15 is 0 Å². The summed E-state index contributed by atoms with van der Waals surface area (Å²) in [4.78, 5) is 0. The highest BCUT2D eigenvalue weighted by atomic mass is 35.5. The molecule has 0 amide bonds. The Bertz CT molecular complexity index is 556. The molecule has 3 rings (SSSR count). The van der Waals surface area contributed by atoms with E-state index in [0.717, 1.165) is 12.8 Å². The van der Waals surface area contributed by atoms with Gasteiger partial charge in [0.1, 0.15) is 0 Å². The molecule has 0 fully saturated rings. The summed E-state index contributed by atoms with van der Waals surface area (Å²) >= 11 is 6.67. The van der Waals surface area contributed by atoms with Gasteiger partial charge in [0, 0.05) is 5.92 Å². The lowest BCUT2D eigenvalue weighted by molar-refractivity contribution is 0.587. The molecule has 2 unspecified atom stereocenters. The molecule has 98 valence electrons. The third kappa shape index (κ3) is 2.42. The Balaban J connectivity index is 1.76. The van der Waals surface area contributed by atoms with Gasteiger partial charge >= 0.3 is 0 Å². The molecule has 2 aromatic carbocycles. The van der Waals surface area contributed by atoms with E-state index in [4.69, 9.17) is 11.6 Å². The lowest BCUT2D eigenvalue weighted by atomic mass is 9.74. The number of alkyl halides is 1. The smallest absolute Gasteiger partial charge is 0.0657 e. The van der Waals surface area contributed by atoms with Gasteiger partial charge < -0.3 is 0 Å². The minimum absolute atomic E-state index is 0.102. The molecule has 0 heterocycles. The van der Waals surface area contributed by atoms with Crippen molar-refractivity contribution in [3.8, 4) is 0 Å². The van der Waals surface area contributed by atoms with Gasteiger partial charge in [-0.1, -0.05) is 61.9 Å². The van der Waals surface area contributed by atoms with Crippen molar-refractivity contribution >= 4 is 11.6 Å². The van der Waals surface area contributed by atoms with Crippen LogP contribution in [0.3, 0.4) is 0 Å². The van der Waals surface area contributed by atoms with E-state index in [1.54, 1.807) is 0 Å². The summed E-state index contributed by atoms with van der Waals surface area (Å²) in [6, 6.07) is 17.5. The van der Waals surface area contributed by atoms with E-state index in [2.05, 4.69) is 55.5 Å². The van der Waals surface area contributed by atoms with Crippen molar-refractivity contribution in [2.24, 2.45) is 0 Å². The summed E-state index contributed by atoms with van der Waals surface area (Å²) in [5.74, 6) is 0.481. The molecule has 1 aliphatic rings. The Morgan fingerprint density at radius 3 is 2.53 bits per heavy atom. The van der Waals surface area contributed by atoms with Crippen molar-refractivity contribution in [1.82, 2.24) is 0 Å². The Morgan fingerprint density at radius 1 is 1.11 bits per heavy atom. The summed E-state index contributed by atoms with van der Waals surface area (Å²) < 4.78 is 0. The molecule has 0 aliphatic heterocycles. The highest BCUT2D eigenvalue weighted by Crippen LogP contribution is 2.46. The van der Waals surface area contributed by atoms with Gasteiger partial charge in [-0.25, -0.2) is 0 Å². The molecule has 0 bridgehead atoms. The van der Waals surface area contributed by atoms with Crippen LogP contribution in [0, 0.1) is 0 Å². The fourth-order valence-corrected chi connectivity index (χ4v) is 3.32. The molecule has 19 heavy (non-hydrogen) atoms. The first-order chi connectivity index (χ1) is 9.29. The molecular weight excluding hydrogens is 252 g/mol. The molecular formula is C18H19Cl. The summed E-state index contributed by atoms with van der Waals surface area (Å²) in [7, 11) is 0. The van der Waals surface area contributed by atoms with Crippen LogP contribution in [-0.2, 0) is 12.8 Å². The van der Waals surface area contributed by atoms with Crippen LogP contribution < -0.4 is 0 Å². The summed E-state index contributed by atoms with van der Waals surface area (Å²) in [6.07, 6.45) is 3.46. The van der Waals surface area contributed by atoms with Crippen molar-refractivity contribution in [3.05, 3.63) is 70.8 Å². The lowest BCUT2D eigenvalue weighted by Crippen LogP contribution is -2.20. The molecule has 0 saturated carbocycles. The van der Waals surface area contributed by atoms with Gasteiger partial charge in [-0.05, 0) is 35.1 Å². The van der Waals surface area contributed by atoms with Crippen LogP contribution in [0.15, 0.2) is 48.5 Å². The molecule has 0 N–H and O–H groups in total. The standard InChI is InChI=1S/C18H19Cl/c1-2-5-13-8-10-14(11-9-13)18(19)17-12-15-6-3-4-7-16(15)17/h3-4,6-11,17-18H,2,5,12H2,1H3. The number of fused-ring (bicyclic) bond motifs is 1. The van der Waals surface area contributed by atoms with Crippen LogP contribution in [0.25, 0.3) is 0 Å². The number of hydrogen-bond acceptors (Lipinski definition) is 0. The van der Waals surface area contributed by atoms with Crippen molar-refractivity contribution in [1.29, 1.82) is 0 Å². The summed E-state index contributed by atoms with van der Waals surface area (Å²) in [5.41, 5.74) is 5.55. The second-order valence-corrected chi connectivity index (χ2v) is 5.87. The zero-order chi connectivity index (χ0) is 13.2. The Labute approximate surface area is 120 Å². The molecule has 1 heteroatoms. The molecule has 0 nitrogen and oxygen atoms in total. The normalized spacial score (nSPS) is 18.5. The van der Waals surface area contributed by atoms with Crippen molar-refractivity contribution in [2.45, 2.75) is 37.5 Å². The van der Waals surface area contributed by atoms with Crippen LogP contribution >= 0.6 is 11.6 Å². The Hall–Kier alpha value is -1.27. The summed E-state index contributed by atoms with van der Waals surface area (Å²) in [6.45, 7) is 2.21. The van der Waals surface area contributed by atoms with E-state index < -0.39 is 0 Å². The van der Waals surface area contributed by atoms with E-state index in [0.29, 0.717) is 5.92 Å². The van der Waals surface area contributed by atoms with E-state index in [9.17, 15) is 0 Å². The van der Waals surface area contributed by atoms with Gasteiger partial charge in [-0.3, -0.25) is 0 Å². The number of hydrogen-bond donors (Lipinski definition) is 0. The van der Waals surface area contributed by atoms with Gasteiger partial charge in [0.2, 0.25) is 0 Å². The molecule has 2 atom stereocenters. The van der Waals surface area contributed by atoms with Crippen molar-refractivity contribution in [2.75, 3.05) is 0 Å². The highest BCUT2D eigenvalue weighted by Gasteiger charge is 2.32. The molecule has 0 saturated heterocycles. The third-order valence-corrected chi connectivity index (χ3v) is 4.64. The largest absolute Gasteiger partial charge is 0.117 e. The molecule has 0 aromatic heterocycles. The summed E-state index contributed by atoms with van der Waals surface area (Å²) in [5, 5.41) is 0.102. The number of aryl methyl sites for hydroxylation is 1. The fourth-order valence-electron chi connectivity index (χ4n) is 2.95. The first kappa shape index (κ1) is 12.7. The zero-order valence-electron chi connectivity index (χ0n) is 11.3. The monoisotopic (exact) mass is 270 g/mol. The quantitative estimate of drug-likeness (QED) is 0.665. The van der Waals surface area contributed by atoms with Gasteiger partial charge in [0.15, 0.2) is 0 Å². The zero-order valence-corrected chi connectivity index (χ0v) is 12.0. The topological polar surface area (TPSA) is 0 Å². The number of halogens is 1. The minimum atomic E-state index is 0.102. The van der Waals surface area contributed by atoms with E-state index in [1.807, 2.05) is 0 Å². The van der Waals surface area contributed by atoms with Gasteiger partial charge in [0.05, 0.1) is 5.38 Å². The Morgan fingerprint density at radius 2 is 1.84 bits per heavy atom. The SMILES string of the molecule is CCCc1ccc(C(Cl)C2Cc3ccccc32)cc1. The van der Waals surface area contributed by atoms with Gasteiger partial charge in [0.25, 0.3) is 0 Å². The van der Waals surface area contributed by atoms with Gasteiger partial charge in [-0.2, -0.15) is 0 Å². The first-order valence-electron chi connectivity index (χ1n) is 7.10. The second-order valence-electron chi connectivity index (χ2n) is 5.40. The number of rotatable bonds is 4. The van der Waals surface area contributed by atoms with Crippen LogP contribution in [0.1, 0.15) is 46.9 Å². The average molecular weight is 271 g/mol. The van der Waals surface area contributed by atoms with Crippen LogP contribution in [0.2, 0.25) is 0 Å².